The lowest BCUT2D eigenvalue weighted by Crippen LogP contribution is -2.31. The summed E-state index contributed by atoms with van der Waals surface area (Å²) in [6.07, 6.45) is 0.509. The number of carbonyl (C=O) groups is 1. The lowest BCUT2D eigenvalue weighted by Gasteiger charge is -2.08. The quantitative estimate of drug-likeness (QED) is 0.716. The van der Waals surface area contributed by atoms with Gasteiger partial charge in [0, 0.05) is 12.3 Å². The van der Waals surface area contributed by atoms with Crippen LogP contribution in [0.25, 0.3) is 0 Å². The fourth-order valence-corrected chi connectivity index (χ4v) is 0.949. The van der Waals surface area contributed by atoms with E-state index in [4.69, 9.17) is 0 Å². The van der Waals surface area contributed by atoms with Crippen LogP contribution < -0.4 is 5.32 Å². The van der Waals surface area contributed by atoms with Crippen molar-refractivity contribution in [2.75, 3.05) is 18.6 Å². The fraction of sp³-hybridized carbons (Fsp3) is 0.857. The van der Waals surface area contributed by atoms with Crippen LogP contribution in [0.4, 0.5) is 4.79 Å². The highest BCUT2D eigenvalue weighted by atomic mass is 32.2. The van der Waals surface area contributed by atoms with Crippen LogP contribution in [0.3, 0.4) is 0 Å². The highest BCUT2D eigenvalue weighted by Gasteiger charge is 2.06. The van der Waals surface area contributed by atoms with Gasteiger partial charge in [0.15, 0.2) is 9.84 Å². The Bertz CT molecular complexity index is 258. The monoisotopic (exact) mass is 209 g/mol. The Morgan fingerprint density at radius 1 is 1.46 bits per heavy atom. The third-order valence-corrected chi connectivity index (χ3v) is 2.00. The first-order valence-corrected chi connectivity index (χ1v) is 5.98. The average molecular weight is 209 g/mol. The summed E-state index contributed by atoms with van der Waals surface area (Å²) in [5, 5.41) is 2.47. The molecule has 0 aliphatic heterocycles. The molecule has 0 saturated heterocycles. The fourth-order valence-electron chi connectivity index (χ4n) is 0.563. The Morgan fingerprint density at radius 3 is 2.38 bits per heavy atom. The molecule has 0 radical (unpaired) electrons. The predicted octanol–water partition coefficient (Wildman–Crippen LogP) is 0.166. The molecule has 1 N–H and O–H groups in total. The highest BCUT2D eigenvalue weighted by molar-refractivity contribution is 7.90. The second-order valence-corrected chi connectivity index (χ2v) is 5.32. The first kappa shape index (κ1) is 12.2. The second-order valence-electron chi connectivity index (χ2n) is 3.06. The molecule has 0 atom stereocenters. The van der Waals surface area contributed by atoms with Gasteiger partial charge in [-0.25, -0.2) is 13.2 Å². The molecular weight excluding hydrogens is 194 g/mol. The van der Waals surface area contributed by atoms with E-state index >= 15 is 0 Å². The van der Waals surface area contributed by atoms with Crippen LogP contribution in [0.2, 0.25) is 0 Å². The summed E-state index contributed by atoms with van der Waals surface area (Å²) in [5.74, 6) is -0.140. The summed E-state index contributed by atoms with van der Waals surface area (Å²) >= 11 is 0. The van der Waals surface area contributed by atoms with Gasteiger partial charge in [-0.3, -0.25) is 0 Å². The van der Waals surface area contributed by atoms with E-state index in [-0.39, 0.29) is 18.4 Å². The molecular formula is C7H15NO4S. The van der Waals surface area contributed by atoms with Crippen molar-refractivity contribution in [2.24, 2.45) is 0 Å². The number of sulfone groups is 1. The van der Waals surface area contributed by atoms with Gasteiger partial charge in [-0.1, -0.05) is 0 Å². The summed E-state index contributed by atoms with van der Waals surface area (Å²) in [6, 6.07) is -0.00858. The van der Waals surface area contributed by atoms with E-state index in [0.717, 1.165) is 6.26 Å². The lowest BCUT2D eigenvalue weighted by atomic mass is 10.4. The molecule has 6 heteroatoms. The van der Waals surface area contributed by atoms with E-state index in [2.05, 4.69) is 10.1 Å². The number of hydrogen-bond donors (Lipinski definition) is 1. The molecule has 0 aromatic carbocycles. The molecule has 0 aliphatic carbocycles. The summed E-state index contributed by atoms with van der Waals surface area (Å²) in [5.41, 5.74) is 0. The van der Waals surface area contributed by atoms with Crippen molar-refractivity contribution in [1.82, 2.24) is 5.32 Å². The van der Waals surface area contributed by atoms with Crippen molar-refractivity contribution < 1.29 is 17.9 Å². The molecule has 0 aromatic heterocycles. The topological polar surface area (TPSA) is 72.5 Å². The van der Waals surface area contributed by atoms with Gasteiger partial charge in [-0.2, -0.15) is 0 Å². The van der Waals surface area contributed by atoms with E-state index < -0.39 is 15.9 Å². The second kappa shape index (κ2) is 5.06. The molecule has 13 heavy (non-hydrogen) atoms. The van der Waals surface area contributed by atoms with Crippen molar-refractivity contribution in [3.05, 3.63) is 0 Å². The lowest BCUT2D eigenvalue weighted by molar-refractivity contribution is 0.150. The smallest absolute Gasteiger partial charge is 0.407 e. The minimum absolute atomic E-state index is 0.00858. The average Bonchev–Trinajstić information content (AvgIpc) is 1.81. The third kappa shape index (κ3) is 9.13. The van der Waals surface area contributed by atoms with Crippen molar-refractivity contribution in [3.8, 4) is 0 Å². The normalized spacial score (nSPS) is 11.4. The first-order valence-electron chi connectivity index (χ1n) is 3.92. The van der Waals surface area contributed by atoms with E-state index in [9.17, 15) is 13.2 Å². The van der Waals surface area contributed by atoms with Crippen LogP contribution in [0.15, 0.2) is 0 Å². The third-order valence-electron chi connectivity index (χ3n) is 1.09. The molecule has 0 unspecified atom stereocenters. The Hall–Kier alpha value is -0.780. The van der Waals surface area contributed by atoms with Crippen LogP contribution in [0.1, 0.15) is 13.8 Å². The van der Waals surface area contributed by atoms with Gasteiger partial charge >= 0.3 is 6.09 Å². The van der Waals surface area contributed by atoms with E-state index in [1.165, 1.54) is 0 Å². The molecule has 5 nitrogen and oxygen atoms in total. The van der Waals surface area contributed by atoms with E-state index in [1.54, 1.807) is 13.8 Å². The van der Waals surface area contributed by atoms with Crippen molar-refractivity contribution >= 4 is 15.9 Å². The van der Waals surface area contributed by atoms with Crippen LogP contribution in [0.5, 0.6) is 0 Å². The summed E-state index contributed by atoms with van der Waals surface area (Å²) < 4.78 is 25.8. The number of rotatable bonds is 4. The summed E-state index contributed by atoms with van der Waals surface area (Å²) in [4.78, 5) is 10.8. The van der Waals surface area contributed by atoms with Crippen LogP contribution in [-0.4, -0.2) is 39.2 Å². The molecule has 0 aliphatic rings. The maximum absolute atomic E-state index is 10.8. The zero-order valence-electron chi connectivity index (χ0n) is 8.03. The number of nitrogens with one attached hydrogen (secondary N) is 1. The Kier molecular flexibility index (Phi) is 4.76. The van der Waals surface area contributed by atoms with Crippen LogP contribution in [-0.2, 0) is 14.6 Å². The van der Waals surface area contributed by atoms with Gasteiger partial charge in [0.1, 0.15) is 6.61 Å². The minimum Gasteiger partial charge on any atom is -0.448 e. The Balaban J connectivity index is 3.61. The molecule has 0 fully saturated rings. The van der Waals surface area contributed by atoms with Gasteiger partial charge in [-0.15, -0.1) is 0 Å². The summed E-state index contributed by atoms with van der Waals surface area (Å²) in [7, 11) is -3.05. The zero-order valence-corrected chi connectivity index (χ0v) is 8.85. The minimum atomic E-state index is -3.05. The molecule has 0 heterocycles. The SMILES string of the molecule is CC(C)NC(=O)OCCS(C)(=O)=O. The Labute approximate surface area is 78.4 Å². The molecule has 0 spiro atoms. The van der Waals surface area contributed by atoms with Crippen molar-refractivity contribution in [2.45, 2.75) is 19.9 Å². The first-order chi connectivity index (χ1) is 5.81. The van der Waals surface area contributed by atoms with Gasteiger partial charge in [-0.05, 0) is 13.8 Å². The maximum Gasteiger partial charge on any atom is 0.407 e. The van der Waals surface area contributed by atoms with Gasteiger partial charge in [0.2, 0.25) is 0 Å². The number of hydrogen-bond acceptors (Lipinski definition) is 4. The van der Waals surface area contributed by atoms with E-state index in [0.29, 0.717) is 0 Å². The van der Waals surface area contributed by atoms with Crippen molar-refractivity contribution in [3.63, 3.8) is 0 Å². The molecule has 1 amide bonds. The number of ether oxygens (including phenoxy) is 1. The molecule has 0 saturated carbocycles. The van der Waals surface area contributed by atoms with Gasteiger partial charge < -0.3 is 10.1 Å². The van der Waals surface area contributed by atoms with Gasteiger partial charge in [0.25, 0.3) is 0 Å². The Morgan fingerprint density at radius 2 is 2.00 bits per heavy atom. The largest absolute Gasteiger partial charge is 0.448 e. The standard InChI is InChI=1S/C7H15NO4S/c1-6(2)8-7(9)12-4-5-13(3,10)11/h6H,4-5H2,1-3H3,(H,8,9). The summed E-state index contributed by atoms with van der Waals surface area (Å²) in [6.45, 7) is 3.48. The molecule has 0 bridgehead atoms. The van der Waals surface area contributed by atoms with Crippen LogP contribution in [0, 0.1) is 0 Å². The van der Waals surface area contributed by atoms with E-state index in [1.807, 2.05) is 0 Å². The molecule has 0 aromatic rings. The number of carbonyl (C=O) groups excluding carboxylic acids is 1. The maximum atomic E-state index is 10.8. The van der Waals surface area contributed by atoms with Crippen LogP contribution >= 0.6 is 0 Å². The number of alkyl carbamates (subject to hydrolysis) is 1. The number of amides is 1. The zero-order chi connectivity index (χ0) is 10.5. The van der Waals surface area contributed by atoms with Crippen molar-refractivity contribution in [1.29, 1.82) is 0 Å². The molecule has 0 rings (SSSR count). The molecule has 78 valence electrons. The predicted molar refractivity (Wildman–Crippen MR) is 49.3 cm³/mol. The van der Waals surface area contributed by atoms with Gasteiger partial charge in [0.05, 0.1) is 5.75 Å². The highest BCUT2D eigenvalue weighted by Crippen LogP contribution is 1.86.